The summed E-state index contributed by atoms with van der Waals surface area (Å²) < 4.78 is 5.38. The molecule has 2 aliphatic rings. The largest absolute Gasteiger partial charge is 0.496 e. The standard InChI is InChI=1S/C13H16BO/c1-14(2)12-8-4-6-10(12)11-7-5-9-13(11)15-3/h5-6,9H,4,7H2,1-3H3. The van der Waals surface area contributed by atoms with Crippen LogP contribution in [0.1, 0.15) is 12.8 Å². The zero-order valence-electron chi connectivity index (χ0n) is 9.63. The van der Waals surface area contributed by atoms with Crippen LogP contribution in [-0.4, -0.2) is 13.8 Å². The molecule has 0 saturated heterocycles. The maximum Gasteiger partial charge on any atom is 0.170 e. The van der Waals surface area contributed by atoms with Gasteiger partial charge in [-0.3, -0.25) is 0 Å². The predicted molar refractivity (Wildman–Crippen MR) is 64.7 cm³/mol. The highest BCUT2D eigenvalue weighted by atomic mass is 16.5. The minimum Gasteiger partial charge on any atom is -0.496 e. The normalized spacial score (nSPS) is 19.4. The first kappa shape index (κ1) is 10.3. The molecule has 0 aromatic heterocycles. The second-order valence-corrected chi connectivity index (χ2v) is 4.22. The molecule has 0 bridgehead atoms. The molecule has 0 amide bonds. The van der Waals surface area contributed by atoms with Crippen molar-refractivity contribution in [3.8, 4) is 0 Å². The molecule has 77 valence electrons. The molecule has 0 unspecified atom stereocenters. The lowest BCUT2D eigenvalue weighted by atomic mass is 9.47. The van der Waals surface area contributed by atoms with Gasteiger partial charge in [-0.25, -0.2) is 0 Å². The minimum atomic E-state index is 0.546. The van der Waals surface area contributed by atoms with Gasteiger partial charge in [0.05, 0.1) is 7.11 Å². The van der Waals surface area contributed by atoms with Gasteiger partial charge in [0.2, 0.25) is 0 Å². The zero-order valence-corrected chi connectivity index (χ0v) is 9.63. The first-order chi connectivity index (χ1) is 7.24. The number of methoxy groups -OCH3 is 1. The fourth-order valence-electron chi connectivity index (χ4n) is 2.19. The Kier molecular flexibility index (Phi) is 2.85. The van der Waals surface area contributed by atoms with E-state index in [2.05, 4.69) is 38.0 Å². The summed E-state index contributed by atoms with van der Waals surface area (Å²) in [5.41, 5.74) is 4.03. The van der Waals surface area contributed by atoms with E-state index < -0.39 is 0 Å². The van der Waals surface area contributed by atoms with Crippen LogP contribution in [0.2, 0.25) is 13.6 Å². The summed E-state index contributed by atoms with van der Waals surface area (Å²) in [6.45, 7) is 4.98. The molecule has 1 nitrogen and oxygen atoms in total. The lowest BCUT2D eigenvalue weighted by Crippen LogP contribution is -2.08. The Labute approximate surface area is 92.3 Å². The summed E-state index contributed by atoms with van der Waals surface area (Å²) in [5.74, 6) is 1.02. The van der Waals surface area contributed by atoms with Gasteiger partial charge >= 0.3 is 0 Å². The Bertz CT molecular complexity index is 383. The molecule has 0 aromatic rings. The van der Waals surface area contributed by atoms with E-state index in [1.54, 1.807) is 7.11 Å². The fraction of sp³-hybridized carbons (Fsp3) is 0.385. The maximum absolute atomic E-state index is 5.38. The quantitative estimate of drug-likeness (QED) is 0.634. The van der Waals surface area contributed by atoms with Crippen molar-refractivity contribution in [2.75, 3.05) is 7.11 Å². The lowest BCUT2D eigenvalue weighted by molar-refractivity contribution is 0.305. The average Bonchev–Trinajstić information content (AvgIpc) is 2.85. The van der Waals surface area contributed by atoms with E-state index >= 15 is 0 Å². The first-order valence-electron chi connectivity index (χ1n) is 5.49. The Morgan fingerprint density at radius 1 is 1.40 bits per heavy atom. The minimum absolute atomic E-state index is 0.546. The van der Waals surface area contributed by atoms with Gasteiger partial charge in [0, 0.05) is 5.57 Å². The van der Waals surface area contributed by atoms with Crippen molar-refractivity contribution in [2.45, 2.75) is 26.5 Å². The summed E-state index contributed by atoms with van der Waals surface area (Å²) >= 11 is 0. The summed E-state index contributed by atoms with van der Waals surface area (Å²) in [7, 11) is 1.74. The van der Waals surface area contributed by atoms with E-state index in [0.717, 1.165) is 18.6 Å². The zero-order chi connectivity index (χ0) is 10.8. The monoisotopic (exact) mass is 199 g/mol. The Morgan fingerprint density at radius 2 is 2.20 bits per heavy atom. The Hall–Kier alpha value is -1.18. The van der Waals surface area contributed by atoms with Gasteiger partial charge in [-0.05, 0) is 30.6 Å². The molecular formula is C13H16BO. The molecule has 15 heavy (non-hydrogen) atoms. The van der Waals surface area contributed by atoms with E-state index in [4.69, 9.17) is 4.74 Å². The summed E-state index contributed by atoms with van der Waals surface area (Å²) in [6, 6.07) is 0. The van der Waals surface area contributed by atoms with Crippen LogP contribution >= 0.6 is 0 Å². The molecule has 2 heteroatoms. The number of allylic oxidation sites excluding steroid dienone is 7. The van der Waals surface area contributed by atoms with Gasteiger partial charge in [-0.1, -0.05) is 31.3 Å². The highest BCUT2D eigenvalue weighted by molar-refractivity contribution is 6.65. The van der Waals surface area contributed by atoms with Crippen LogP contribution in [0.5, 0.6) is 0 Å². The maximum atomic E-state index is 5.38. The first-order valence-corrected chi connectivity index (χ1v) is 5.49. The Balaban J connectivity index is 2.30. The van der Waals surface area contributed by atoms with E-state index in [0.29, 0.717) is 6.71 Å². The van der Waals surface area contributed by atoms with E-state index in [-0.39, 0.29) is 0 Å². The average molecular weight is 199 g/mol. The van der Waals surface area contributed by atoms with Crippen LogP contribution in [-0.2, 0) is 4.74 Å². The smallest absolute Gasteiger partial charge is 0.170 e. The van der Waals surface area contributed by atoms with Crippen molar-refractivity contribution in [3.05, 3.63) is 46.7 Å². The van der Waals surface area contributed by atoms with Crippen LogP contribution in [0.4, 0.5) is 0 Å². The molecule has 0 atom stereocenters. The van der Waals surface area contributed by atoms with Crippen LogP contribution in [0, 0.1) is 6.08 Å². The summed E-state index contributed by atoms with van der Waals surface area (Å²) in [4.78, 5) is 0. The van der Waals surface area contributed by atoms with Crippen molar-refractivity contribution in [1.29, 1.82) is 0 Å². The Morgan fingerprint density at radius 3 is 2.87 bits per heavy atom. The molecule has 0 aromatic carbocycles. The van der Waals surface area contributed by atoms with Crippen molar-refractivity contribution >= 4 is 6.71 Å². The predicted octanol–water partition coefficient (Wildman–Crippen LogP) is 3.20. The SMILES string of the molecule is COC1=C(C2=CC[C]=C2B(C)C)CC=C1. The molecular weight excluding hydrogens is 183 g/mol. The number of hydrogen-bond donors (Lipinski definition) is 0. The number of hydrogen-bond acceptors (Lipinski definition) is 1. The third-order valence-corrected chi connectivity index (χ3v) is 2.90. The second-order valence-electron chi connectivity index (χ2n) is 4.22. The van der Waals surface area contributed by atoms with E-state index in [9.17, 15) is 0 Å². The fourth-order valence-corrected chi connectivity index (χ4v) is 2.19. The van der Waals surface area contributed by atoms with Gasteiger partial charge in [-0.15, -0.1) is 0 Å². The van der Waals surface area contributed by atoms with E-state index in [1.165, 1.54) is 16.6 Å². The van der Waals surface area contributed by atoms with Crippen LogP contribution in [0.15, 0.2) is 40.6 Å². The van der Waals surface area contributed by atoms with Gasteiger partial charge < -0.3 is 4.74 Å². The molecule has 0 heterocycles. The topological polar surface area (TPSA) is 9.23 Å². The molecule has 1 radical (unpaired) electrons. The molecule has 2 rings (SSSR count). The molecule has 0 N–H and O–H groups in total. The summed E-state index contributed by atoms with van der Waals surface area (Å²) in [6.07, 6.45) is 11.9. The van der Waals surface area contributed by atoms with E-state index in [1.807, 2.05) is 0 Å². The summed E-state index contributed by atoms with van der Waals surface area (Å²) in [5, 5.41) is 0. The molecule has 0 fully saturated rings. The van der Waals surface area contributed by atoms with Gasteiger partial charge in [0.1, 0.15) is 5.76 Å². The molecule has 0 saturated carbocycles. The molecule has 2 aliphatic carbocycles. The van der Waals surface area contributed by atoms with Crippen LogP contribution in [0.3, 0.4) is 0 Å². The molecule has 0 aliphatic heterocycles. The van der Waals surface area contributed by atoms with Crippen molar-refractivity contribution < 1.29 is 4.74 Å². The van der Waals surface area contributed by atoms with Crippen molar-refractivity contribution in [3.63, 3.8) is 0 Å². The van der Waals surface area contributed by atoms with Gasteiger partial charge in [0.25, 0.3) is 0 Å². The van der Waals surface area contributed by atoms with Crippen LogP contribution < -0.4 is 0 Å². The van der Waals surface area contributed by atoms with Crippen LogP contribution in [0.25, 0.3) is 0 Å². The highest BCUT2D eigenvalue weighted by Gasteiger charge is 2.22. The highest BCUT2D eigenvalue weighted by Crippen LogP contribution is 2.34. The number of ether oxygens (including phenoxy) is 1. The van der Waals surface area contributed by atoms with Crippen molar-refractivity contribution in [1.82, 2.24) is 0 Å². The molecule has 0 spiro atoms. The third kappa shape index (κ3) is 1.81. The lowest BCUT2D eigenvalue weighted by Gasteiger charge is -2.13. The third-order valence-electron chi connectivity index (χ3n) is 2.90. The van der Waals surface area contributed by atoms with Gasteiger partial charge in [-0.2, -0.15) is 0 Å². The number of rotatable bonds is 3. The second kappa shape index (κ2) is 4.14. The van der Waals surface area contributed by atoms with Crippen molar-refractivity contribution in [2.24, 2.45) is 0 Å². The van der Waals surface area contributed by atoms with Gasteiger partial charge in [0.15, 0.2) is 6.71 Å².